The van der Waals surface area contributed by atoms with Gasteiger partial charge in [0.05, 0.1) is 27.0 Å². The molecule has 10 nitrogen and oxygen atoms in total. The van der Waals surface area contributed by atoms with Crippen molar-refractivity contribution in [2.24, 2.45) is 7.05 Å². The van der Waals surface area contributed by atoms with Crippen LogP contribution in [0.5, 0.6) is 5.75 Å². The number of benzene rings is 3. The summed E-state index contributed by atoms with van der Waals surface area (Å²) in [4.78, 5) is 42.4. The van der Waals surface area contributed by atoms with Gasteiger partial charge in [0, 0.05) is 17.5 Å². The number of hydrogen-bond acceptors (Lipinski definition) is 6. The van der Waals surface area contributed by atoms with Gasteiger partial charge in [-0.05, 0) is 54.6 Å². The number of nitrogens with one attached hydrogen (secondary N) is 2. The smallest absolute Gasteiger partial charge is 0.333 e. The normalized spacial score (nSPS) is 11.7. The van der Waals surface area contributed by atoms with Gasteiger partial charge in [-0.2, -0.15) is 0 Å². The van der Waals surface area contributed by atoms with Crippen LogP contribution in [-0.2, 0) is 17.1 Å². The lowest BCUT2D eigenvalue weighted by Gasteiger charge is -2.12. The highest BCUT2D eigenvalue weighted by Crippen LogP contribution is 2.30. The van der Waals surface area contributed by atoms with Crippen molar-refractivity contribution < 1.29 is 22.3 Å². The lowest BCUT2D eigenvalue weighted by molar-refractivity contribution is 0.0974. The van der Waals surface area contributed by atoms with Gasteiger partial charge in [-0.15, -0.1) is 0 Å². The SMILES string of the molecule is Cn1c(C(=O)NS(=O)(=O)c2ccc(OCF)cc2)c(-n2c(=O)[nH]c3ccccc3c2=O)c2cc(Cl)ccc21. The van der Waals surface area contributed by atoms with Crippen molar-refractivity contribution in [2.75, 3.05) is 6.86 Å². The molecule has 2 N–H and O–H groups in total. The van der Waals surface area contributed by atoms with Crippen LogP contribution in [0.1, 0.15) is 10.5 Å². The number of aromatic amines is 1. The van der Waals surface area contributed by atoms with Gasteiger partial charge < -0.3 is 14.3 Å². The van der Waals surface area contributed by atoms with E-state index in [1.807, 2.05) is 4.72 Å². The van der Waals surface area contributed by atoms with Crippen molar-refractivity contribution in [1.29, 1.82) is 0 Å². The molecule has 0 aliphatic carbocycles. The van der Waals surface area contributed by atoms with E-state index < -0.39 is 34.0 Å². The fourth-order valence-corrected chi connectivity index (χ4v) is 5.38. The highest BCUT2D eigenvalue weighted by molar-refractivity contribution is 7.90. The Bertz CT molecular complexity index is 1960. The third-order valence-electron chi connectivity index (χ3n) is 5.96. The van der Waals surface area contributed by atoms with E-state index in [4.69, 9.17) is 11.6 Å². The average Bonchev–Trinajstić information content (AvgIpc) is 3.15. The second kappa shape index (κ2) is 9.47. The Kier molecular flexibility index (Phi) is 6.29. The monoisotopic (exact) mass is 556 g/mol. The molecule has 13 heteroatoms. The zero-order valence-corrected chi connectivity index (χ0v) is 21.1. The Morgan fingerprint density at radius 2 is 1.76 bits per heavy atom. The minimum absolute atomic E-state index is 0.0977. The van der Waals surface area contributed by atoms with Crippen LogP contribution in [0.3, 0.4) is 0 Å². The molecule has 0 spiro atoms. The fourth-order valence-electron chi connectivity index (χ4n) is 4.26. The van der Waals surface area contributed by atoms with Crippen molar-refractivity contribution in [3.05, 3.63) is 98.3 Å². The van der Waals surface area contributed by atoms with Crippen LogP contribution >= 0.6 is 11.6 Å². The summed E-state index contributed by atoms with van der Waals surface area (Å²) < 4.78 is 47.2. The first-order chi connectivity index (χ1) is 18.1. The number of alkyl halides is 1. The maximum atomic E-state index is 13.5. The second-order valence-electron chi connectivity index (χ2n) is 8.19. The molecule has 0 bridgehead atoms. The maximum Gasteiger partial charge on any atom is 0.333 e. The van der Waals surface area contributed by atoms with Crippen LogP contribution in [0.2, 0.25) is 5.02 Å². The van der Waals surface area contributed by atoms with Crippen molar-refractivity contribution >= 4 is 49.3 Å². The maximum absolute atomic E-state index is 13.5. The molecule has 2 heterocycles. The minimum Gasteiger partial charge on any atom is -0.463 e. The van der Waals surface area contributed by atoms with Crippen LogP contribution in [0.4, 0.5) is 4.39 Å². The van der Waals surface area contributed by atoms with E-state index in [0.29, 0.717) is 11.0 Å². The number of hydrogen-bond donors (Lipinski definition) is 2. The van der Waals surface area contributed by atoms with E-state index in [1.54, 1.807) is 30.3 Å². The molecule has 2 aromatic heterocycles. The number of fused-ring (bicyclic) bond motifs is 2. The first-order valence-corrected chi connectivity index (χ1v) is 12.9. The zero-order chi connectivity index (χ0) is 27.2. The quantitative estimate of drug-likeness (QED) is 0.330. The number of ether oxygens (including phenoxy) is 1. The van der Waals surface area contributed by atoms with E-state index in [-0.39, 0.29) is 37.8 Å². The number of carbonyl (C=O) groups is 1. The van der Waals surface area contributed by atoms with E-state index in [1.165, 1.54) is 35.9 Å². The molecule has 5 rings (SSSR count). The van der Waals surface area contributed by atoms with Gasteiger partial charge in [-0.3, -0.25) is 9.59 Å². The Morgan fingerprint density at radius 1 is 1.05 bits per heavy atom. The Balaban J connectivity index is 1.71. The van der Waals surface area contributed by atoms with Crippen LogP contribution in [0.15, 0.2) is 81.2 Å². The van der Waals surface area contributed by atoms with Gasteiger partial charge in [0.2, 0.25) is 6.86 Å². The van der Waals surface area contributed by atoms with E-state index >= 15 is 0 Å². The topological polar surface area (TPSA) is 132 Å². The predicted molar refractivity (Wildman–Crippen MR) is 139 cm³/mol. The average molecular weight is 557 g/mol. The van der Waals surface area contributed by atoms with Crippen molar-refractivity contribution in [3.63, 3.8) is 0 Å². The summed E-state index contributed by atoms with van der Waals surface area (Å²) in [5, 5.41) is 0.726. The van der Waals surface area contributed by atoms with Gasteiger partial charge in [-0.25, -0.2) is 26.9 Å². The largest absolute Gasteiger partial charge is 0.463 e. The van der Waals surface area contributed by atoms with E-state index in [2.05, 4.69) is 9.72 Å². The summed E-state index contributed by atoms with van der Waals surface area (Å²) >= 11 is 6.20. The number of aryl methyl sites for hydroxylation is 1. The first-order valence-electron chi connectivity index (χ1n) is 11.0. The molecule has 0 aliphatic rings. The number of rotatable bonds is 6. The number of sulfonamides is 1. The molecule has 0 aliphatic heterocycles. The summed E-state index contributed by atoms with van der Waals surface area (Å²) in [5.41, 5.74) is -1.24. The Morgan fingerprint density at radius 3 is 2.47 bits per heavy atom. The Hall–Kier alpha value is -4.42. The number of para-hydroxylation sites is 1. The lowest BCUT2D eigenvalue weighted by Crippen LogP contribution is -2.37. The second-order valence-corrected chi connectivity index (χ2v) is 10.3. The number of amides is 1. The first kappa shape index (κ1) is 25.2. The molecule has 194 valence electrons. The molecular weight excluding hydrogens is 539 g/mol. The van der Waals surface area contributed by atoms with Crippen molar-refractivity contribution in [1.82, 2.24) is 18.8 Å². The molecular formula is C25H18ClFN4O6S. The predicted octanol–water partition coefficient (Wildman–Crippen LogP) is 3.25. The van der Waals surface area contributed by atoms with Gasteiger partial charge in [0.1, 0.15) is 11.4 Å². The van der Waals surface area contributed by atoms with Gasteiger partial charge in [-0.1, -0.05) is 23.7 Å². The molecule has 5 aromatic rings. The summed E-state index contributed by atoms with van der Waals surface area (Å²) in [6, 6.07) is 15.7. The molecule has 38 heavy (non-hydrogen) atoms. The van der Waals surface area contributed by atoms with E-state index in [0.717, 1.165) is 16.7 Å². The molecule has 0 atom stereocenters. The fraction of sp³-hybridized carbons (Fsp3) is 0.0800. The highest BCUT2D eigenvalue weighted by Gasteiger charge is 2.28. The molecule has 0 saturated heterocycles. The number of aromatic nitrogens is 3. The summed E-state index contributed by atoms with van der Waals surface area (Å²) in [5.74, 6) is -1.00. The van der Waals surface area contributed by atoms with Crippen LogP contribution in [0, 0.1) is 0 Å². The van der Waals surface area contributed by atoms with Gasteiger partial charge >= 0.3 is 5.69 Å². The van der Waals surface area contributed by atoms with E-state index in [9.17, 15) is 27.2 Å². The van der Waals surface area contributed by atoms with Crippen LogP contribution < -0.4 is 20.7 Å². The number of carbonyl (C=O) groups excluding carboxylic acids is 1. The third kappa shape index (κ3) is 4.23. The molecule has 3 aromatic carbocycles. The van der Waals surface area contributed by atoms with Crippen molar-refractivity contribution in [2.45, 2.75) is 4.90 Å². The molecule has 0 fully saturated rings. The summed E-state index contributed by atoms with van der Waals surface area (Å²) in [7, 11) is -2.93. The van der Waals surface area contributed by atoms with Crippen molar-refractivity contribution in [3.8, 4) is 11.4 Å². The Labute approximate surface area is 218 Å². The number of nitrogens with zero attached hydrogens (tertiary/aromatic N) is 2. The number of H-pyrrole nitrogens is 1. The van der Waals surface area contributed by atoms with Crippen LogP contribution in [0.25, 0.3) is 27.5 Å². The van der Waals surface area contributed by atoms with Gasteiger partial charge in [0.15, 0.2) is 0 Å². The standard InChI is InChI=1S/C25H18ClFN4O6S/c1-30-20-11-6-14(26)12-18(20)21(31-24(33)17-4-2-3-5-19(17)28-25(31)34)22(30)23(32)29-38(35,36)16-9-7-15(8-10-16)37-13-27/h2-12H,13H2,1H3,(H,28,34)(H,29,32). The van der Waals surface area contributed by atoms with Gasteiger partial charge in [0.25, 0.3) is 21.5 Å². The number of halogens is 2. The lowest BCUT2D eigenvalue weighted by atomic mass is 10.2. The molecule has 0 radical (unpaired) electrons. The highest BCUT2D eigenvalue weighted by atomic mass is 35.5. The third-order valence-corrected chi connectivity index (χ3v) is 7.54. The summed E-state index contributed by atoms with van der Waals surface area (Å²) in [6.07, 6.45) is 0. The summed E-state index contributed by atoms with van der Waals surface area (Å²) in [6.45, 7) is -1.09. The molecule has 0 saturated carbocycles. The zero-order valence-electron chi connectivity index (χ0n) is 19.6. The minimum atomic E-state index is -4.42. The molecule has 1 amide bonds. The molecule has 0 unspecified atom stereocenters. The van der Waals surface area contributed by atoms with Crippen LogP contribution in [-0.4, -0.2) is 35.3 Å².